The molecule has 38 heavy (non-hydrogen) atoms. The maximum atomic E-state index is 12.4. The van der Waals surface area contributed by atoms with Gasteiger partial charge >= 0.3 is 5.97 Å². The predicted molar refractivity (Wildman–Crippen MR) is 147 cm³/mol. The molecular weight excluding hydrogens is 480 g/mol. The van der Waals surface area contributed by atoms with E-state index < -0.39 is 18.0 Å². The molecule has 1 unspecified atom stereocenters. The number of hydrogen-bond acceptors (Lipinski definition) is 6. The fourth-order valence-electron chi connectivity index (χ4n) is 3.57. The Labute approximate surface area is 221 Å². The molecule has 0 aliphatic heterocycles. The number of amides is 1. The summed E-state index contributed by atoms with van der Waals surface area (Å²) in [7, 11) is 1.48. The second kappa shape index (κ2) is 12.4. The van der Waals surface area contributed by atoms with E-state index in [4.69, 9.17) is 14.2 Å². The Morgan fingerprint density at radius 2 is 1.53 bits per heavy atom. The third-order valence-electron chi connectivity index (χ3n) is 5.71. The lowest BCUT2D eigenvalue weighted by atomic mass is 10.1. The van der Waals surface area contributed by atoms with E-state index in [0.717, 1.165) is 16.7 Å². The molecule has 0 heterocycles. The summed E-state index contributed by atoms with van der Waals surface area (Å²) in [5.74, 6) is 0.331. The first-order valence-corrected chi connectivity index (χ1v) is 12.0. The first-order chi connectivity index (χ1) is 18.4. The number of ether oxygens (including phenoxy) is 3. The van der Waals surface area contributed by atoms with Crippen LogP contribution in [0.25, 0.3) is 11.1 Å². The molecule has 0 spiro atoms. The van der Waals surface area contributed by atoms with Gasteiger partial charge in [0.15, 0.2) is 17.6 Å². The van der Waals surface area contributed by atoms with Crippen LogP contribution in [0.5, 0.6) is 17.2 Å². The Morgan fingerprint density at radius 3 is 2.21 bits per heavy atom. The molecule has 4 rings (SSSR count). The minimum atomic E-state index is -0.757. The summed E-state index contributed by atoms with van der Waals surface area (Å²) in [5, 5.41) is 4.01. The van der Waals surface area contributed by atoms with Gasteiger partial charge < -0.3 is 14.2 Å². The van der Waals surface area contributed by atoms with Gasteiger partial charge in [-0.15, -0.1) is 0 Å². The van der Waals surface area contributed by atoms with Crippen molar-refractivity contribution >= 4 is 18.1 Å². The molecule has 0 saturated heterocycles. The summed E-state index contributed by atoms with van der Waals surface area (Å²) in [6, 6.07) is 29.6. The van der Waals surface area contributed by atoms with Crippen LogP contribution in [0.1, 0.15) is 28.4 Å². The molecule has 0 fully saturated rings. The van der Waals surface area contributed by atoms with Crippen molar-refractivity contribution in [1.82, 2.24) is 5.43 Å². The number of carbonyl (C=O) groups is 2. The van der Waals surface area contributed by atoms with Crippen molar-refractivity contribution < 1.29 is 23.8 Å². The van der Waals surface area contributed by atoms with Crippen molar-refractivity contribution in [2.24, 2.45) is 5.10 Å². The highest BCUT2D eigenvalue weighted by atomic mass is 16.6. The van der Waals surface area contributed by atoms with Gasteiger partial charge in [-0.05, 0) is 73.0 Å². The third-order valence-corrected chi connectivity index (χ3v) is 5.71. The summed E-state index contributed by atoms with van der Waals surface area (Å²) in [6.45, 7) is 3.59. The molecule has 0 aliphatic rings. The first kappa shape index (κ1) is 26.2. The van der Waals surface area contributed by atoms with Crippen LogP contribution in [-0.4, -0.2) is 31.3 Å². The van der Waals surface area contributed by atoms with E-state index in [1.807, 2.05) is 73.7 Å². The van der Waals surface area contributed by atoms with Crippen LogP contribution in [0.2, 0.25) is 0 Å². The largest absolute Gasteiger partial charge is 0.493 e. The van der Waals surface area contributed by atoms with Crippen LogP contribution < -0.4 is 19.6 Å². The zero-order valence-electron chi connectivity index (χ0n) is 21.4. The molecule has 0 radical (unpaired) electrons. The molecule has 4 aromatic carbocycles. The van der Waals surface area contributed by atoms with E-state index in [2.05, 4.69) is 10.5 Å². The highest BCUT2D eigenvalue weighted by Gasteiger charge is 2.15. The van der Waals surface area contributed by atoms with Crippen molar-refractivity contribution in [2.75, 3.05) is 7.11 Å². The number of hydrazone groups is 1. The maximum Gasteiger partial charge on any atom is 0.343 e. The monoisotopic (exact) mass is 508 g/mol. The summed E-state index contributed by atoms with van der Waals surface area (Å²) >= 11 is 0. The van der Waals surface area contributed by atoms with E-state index in [-0.39, 0.29) is 5.75 Å². The predicted octanol–water partition coefficient (Wildman–Crippen LogP) is 5.81. The Balaban J connectivity index is 1.32. The summed E-state index contributed by atoms with van der Waals surface area (Å²) < 4.78 is 16.6. The molecule has 0 aromatic heterocycles. The summed E-state index contributed by atoms with van der Waals surface area (Å²) in [4.78, 5) is 24.9. The van der Waals surface area contributed by atoms with Crippen molar-refractivity contribution in [1.29, 1.82) is 0 Å². The third kappa shape index (κ3) is 6.85. The average molecular weight is 509 g/mol. The first-order valence-electron chi connectivity index (χ1n) is 12.0. The molecule has 7 heteroatoms. The second-order valence-corrected chi connectivity index (χ2v) is 8.55. The number of aryl methyl sites for hydroxylation is 1. The van der Waals surface area contributed by atoms with Gasteiger partial charge in [-0.1, -0.05) is 60.2 Å². The molecular formula is C31H28N2O5. The topological polar surface area (TPSA) is 86.2 Å². The van der Waals surface area contributed by atoms with Gasteiger partial charge in [0.1, 0.15) is 5.75 Å². The van der Waals surface area contributed by atoms with Gasteiger partial charge in [0.05, 0.1) is 18.9 Å². The van der Waals surface area contributed by atoms with Crippen LogP contribution in [-0.2, 0) is 4.79 Å². The quantitative estimate of drug-likeness (QED) is 0.134. The Hall–Kier alpha value is -4.91. The van der Waals surface area contributed by atoms with E-state index in [1.54, 1.807) is 37.3 Å². The van der Waals surface area contributed by atoms with Gasteiger partial charge in [-0.3, -0.25) is 4.79 Å². The lowest BCUT2D eigenvalue weighted by Gasteiger charge is -2.13. The Bertz CT molecular complexity index is 1420. The average Bonchev–Trinajstić information content (AvgIpc) is 2.94. The van der Waals surface area contributed by atoms with E-state index >= 15 is 0 Å². The van der Waals surface area contributed by atoms with Gasteiger partial charge in [0.2, 0.25) is 0 Å². The molecule has 0 saturated carbocycles. The van der Waals surface area contributed by atoms with Crippen molar-refractivity contribution in [2.45, 2.75) is 20.0 Å². The van der Waals surface area contributed by atoms with Crippen molar-refractivity contribution in [3.63, 3.8) is 0 Å². The zero-order chi connectivity index (χ0) is 26.9. The number of methoxy groups -OCH3 is 1. The number of nitrogens with one attached hydrogen (secondary N) is 1. The smallest absolute Gasteiger partial charge is 0.343 e. The fraction of sp³-hybridized carbons (Fsp3) is 0.129. The van der Waals surface area contributed by atoms with Gasteiger partial charge in [-0.25, -0.2) is 10.2 Å². The molecule has 4 aromatic rings. The highest BCUT2D eigenvalue weighted by molar-refractivity contribution is 5.91. The lowest BCUT2D eigenvalue weighted by Crippen LogP contribution is -2.33. The van der Waals surface area contributed by atoms with Gasteiger partial charge in [0, 0.05) is 0 Å². The standard InChI is InChI=1S/C31H28N2O5/c1-21-9-12-26(13-10-21)31(35)38-28-18-11-23(19-29(28)36-3)20-32-33-30(34)22(2)37-27-16-14-25(15-17-27)24-7-5-4-6-8-24/h4-20,22H,1-3H3,(H,33,34). The molecule has 0 bridgehead atoms. The van der Waals surface area contributed by atoms with Crippen LogP contribution in [0.4, 0.5) is 0 Å². The SMILES string of the molecule is COc1cc(C=NNC(=O)C(C)Oc2ccc(-c3ccccc3)cc2)ccc1OC(=O)c1ccc(C)cc1. The van der Waals surface area contributed by atoms with Gasteiger partial charge in [0.25, 0.3) is 5.91 Å². The Kier molecular flexibility index (Phi) is 8.51. The van der Waals surface area contributed by atoms with E-state index in [1.165, 1.54) is 13.3 Å². The normalized spacial score (nSPS) is 11.6. The van der Waals surface area contributed by atoms with Crippen molar-refractivity contribution in [3.05, 3.63) is 114 Å². The van der Waals surface area contributed by atoms with E-state index in [9.17, 15) is 9.59 Å². The van der Waals surface area contributed by atoms with Crippen LogP contribution in [0.3, 0.4) is 0 Å². The summed E-state index contributed by atoms with van der Waals surface area (Å²) in [5.41, 5.74) is 6.77. The number of hydrogen-bond donors (Lipinski definition) is 1. The Morgan fingerprint density at radius 1 is 0.842 bits per heavy atom. The van der Waals surface area contributed by atoms with E-state index in [0.29, 0.717) is 22.6 Å². The highest BCUT2D eigenvalue weighted by Crippen LogP contribution is 2.28. The number of benzene rings is 4. The molecule has 0 aliphatic carbocycles. The molecule has 7 nitrogen and oxygen atoms in total. The lowest BCUT2D eigenvalue weighted by molar-refractivity contribution is -0.127. The number of carbonyl (C=O) groups excluding carboxylic acids is 2. The fourth-order valence-corrected chi connectivity index (χ4v) is 3.57. The number of nitrogens with zero attached hydrogens (tertiary/aromatic N) is 1. The minimum absolute atomic E-state index is 0.277. The minimum Gasteiger partial charge on any atom is -0.493 e. The molecule has 1 N–H and O–H groups in total. The molecule has 1 atom stereocenters. The molecule has 1 amide bonds. The van der Waals surface area contributed by atoms with Gasteiger partial charge in [-0.2, -0.15) is 5.10 Å². The number of rotatable bonds is 9. The van der Waals surface area contributed by atoms with Crippen molar-refractivity contribution in [3.8, 4) is 28.4 Å². The van der Waals surface area contributed by atoms with Crippen LogP contribution in [0.15, 0.2) is 102 Å². The zero-order valence-corrected chi connectivity index (χ0v) is 21.4. The van der Waals surface area contributed by atoms with Crippen LogP contribution in [0, 0.1) is 6.92 Å². The van der Waals surface area contributed by atoms with Crippen LogP contribution >= 0.6 is 0 Å². The maximum absolute atomic E-state index is 12.4. The molecule has 192 valence electrons. The second-order valence-electron chi connectivity index (χ2n) is 8.55. The summed E-state index contributed by atoms with van der Waals surface area (Å²) in [6.07, 6.45) is 0.709. The number of esters is 1.